The number of allylic oxidation sites excluding steroid dienone is 2. The fourth-order valence-electron chi connectivity index (χ4n) is 5.64. The van der Waals surface area contributed by atoms with E-state index in [1.165, 1.54) is 19.3 Å². The number of sulfonamides is 1. The SMILES string of the molecule is CC.CCC(C)C(=O)Nc1ccccc1C.CCCCC/C=C\C1CC1C(=O)NS(=O)(=O)C1(C)CC1.NC(=O)C1CCCN1C(=O)CNc1ccccc1. The molecule has 4 amide bonds. The third-order valence-corrected chi connectivity index (χ3v) is 12.1. The molecule has 0 bridgehead atoms. The van der Waals surface area contributed by atoms with Gasteiger partial charge in [-0.2, -0.15) is 0 Å². The maximum atomic E-state index is 12.0. The number of unbranched alkanes of at least 4 members (excludes halogenated alkanes) is 3. The molecule has 12 heteroatoms. The third-order valence-electron chi connectivity index (χ3n) is 9.95. The molecule has 0 radical (unpaired) electrons. The number of nitrogens with zero attached hydrogens (tertiary/aromatic N) is 1. The third kappa shape index (κ3) is 14.9. The molecule has 2 aliphatic carbocycles. The van der Waals surface area contributed by atoms with Crippen LogP contribution in [0.5, 0.6) is 0 Å². The zero-order valence-corrected chi connectivity index (χ0v) is 34.3. The second-order valence-electron chi connectivity index (χ2n) is 14.3. The lowest BCUT2D eigenvalue weighted by molar-refractivity contribution is -0.135. The Kier molecular flexibility index (Phi) is 19.5. The Hall–Kier alpha value is -4.19. The summed E-state index contributed by atoms with van der Waals surface area (Å²) in [6.07, 6.45) is 13.3. The molecule has 300 valence electrons. The molecule has 4 unspecified atom stereocenters. The molecule has 5 rings (SSSR count). The summed E-state index contributed by atoms with van der Waals surface area (Å²) in [6.45, 7) is 14.6. The van der Waals surface area contributed by atoms with Gasteiger partial charge in [0.15, 0.2) is 0 Å². The van der Waals surface area contributed by atoms with Crippen LogP contribution in [0, 0.1) is 24.7 Å². The van der Waals surface area contributed by atoms with Gasteiger partial charge in [-0.1, -0.05) is 96.0 Å². The second-order valence-corrected chi connectivity index (χ2v) is 16.5. The highest BCUT2D eigenvalue weighted by Crippen LogP contribution is 2.44. The van der Waals surface area contributed by atoms with E-state index in [0.29, 0.717) is 25.8 Å². The van der Waals surface area contributed by atoms with Crippen LogP contribution in [0.3, 0.4) is 0 Å². The molecule has 4 atom stereocenters. The summed E-state index contributed by atoms with van der Waals surface area (Å²) < 4.78 is 25.4. The van der Waals surface area contributed by atoms with E-state index in [9.17, 15) is 27.6 Å². The molecule has 54 heavy (non-hydrogen) atoms. The molecular formula is C42H65N5O6S. The summed E-state index contributed by atoms with van der Waals surface area (Å²) in [7, 11) is -3.47. The van der Waals surface area contributed by atoms with Crippen molar-refractivity contribution in [2.75, 3.05) is 23.7 Å². The average molecular weight is 768 g/mol. The van der Waals surface area contributed by atoms with E-state index in [4.69, 9.17) is 5.73 Å². The second kappa shape index (κ2) is 22.9. The number of rotatable bonds is 15. The Morgan fingerprint density at radius 1 is 1.00 bits per heavy atom. The van der Waals surface area contributed by atoms with Crippen LogP contribution in [0.15, 0.2) is 66.7 Å². The quantitative estimate of drug-likeness (QED) is 0.109. The fourth-order valence-corrected chi connectivity index (χ4v) is 6.94. The van der Waals surface area contributed by atoms with Gasteiger partial charge in [-0.25, -0.2) is 8.42 Å². The molecule has 1 saturated heterocycles. The molecule has 3 fully saturated rings. The van der Waals surface area contributed by atoms with E-state index in [-0.39, 0.29) is 42.0 Å². The number of carbonyl (C=O) groups is 4. The van der Waals surface area contributed by atoms with Gasteiger partial charge in [0, 0.05) is 29.8 Å². The minimum absolute atomic E-state index is 0.0783. The number of nitrogens with one attached hydrogen (secondary N) is 3. The Morgan fingerprint density at radius 3 is 2.24 bits per heavy atom. The van der Waals surface area contributed by atoms with Crippen molar-refractivity contribution in [2.45, 2.75) is 123 Å². The summed E-state index contributed by atoms with van der Waals surface area (Å²) >= 11 is 0. The number of likely N-dealkylation sites (tertiary alicyclic amines) is 1. The Bertz CT molecular complexity index is 1630. The number of amides is 4. The first kappa shape index (κ1) is 46.0. The highest BCUT2D eigenvalue weighted by Gasteiger charge is 2.52. The first-order chi connectivity index (χ1) is 25.7. The smallest absolute Gasteiger partial charge is 0.242 e. The largest absolute Gasteiger partial charge is 0.376 e. The van der Waals surface area contributed by atoms with Crippen LogP contribution in [-0.4, -0.2) is 60.8 Å². The van der Waals surface area contributed by atoms with Crippen molar-refractivity contribution >= 4 is 45.0 Å². The molecule has 11 nitrogen and oxygen atoms in total. The summed E-state index contributed by atoms with van der Waals surface area (Å²) in [6, 6.07) is 16.9. The molecule has 2 aromatic rings. The van der Waals surface area contributed by atoms with Crippen molar-refractivity contribution in [3.05, 3.63) is 72.3 Å². The van der Waals surface area contributed by atoms with E-state index in [1.807, 2.05) is 89.2 Å². The van der Waals surface area contributed by atoms with Gasteiger partial charge >= 0.3 is 0 Å². The normalized spacial score (nSPS) is 19.7. The topological polar surface area (TPSA) is 168 Å². The predicted molar refractivity (Wildman–Crippen MR) is 219 cm³/mol. The Balaban J connectivity index is 0.000000278. The first-order valence-electron chi connectivity index (χ1n) is 19.7. The molecule has 2 saturated carbocycles. The van der Waals surface area contributed by atoms with Crippen LogP contribution in [-0.2, 0) is 29.2 Å². The van der Waals surface area contributed by atoms with Crippen LogP contribution < -0.4 is 21.1 Å². The number of hydrogen-bond acceptors (Lipinski definition) is 7. The highest BCUT2D eigenvalue weighted by molar-refractivity contribution is 7.91. The van der Waals surface area contributed by atoms with Gasteiger partial charge < -0.3 is 21.3 Å². The number of benzene rings is 2. The number of primary amides is 1. The molecule has 1 aliphatic heterocycles. The van der Waals surface area contributed by atoms with Crippen LogP contribution in [0.25, 0.3) is 0 Å². The minimum Gasteiger partial charge on any atom is -0.376 e. The van der Waals surface area contributed by atoms with E-state index < -0.39 is 26.7 Å². The number of nitrogens with two attached hydrogens (primary N) is 1. The van der Waals surface area contributed by atoms with Crippen LogP contribution in [0.1, 0.15) is 111 Å². The van der Waals surface area contributed by atoms with Gasteiger partial charge in [0.2, 0.25) is 33.7 Å². The van der Waals surface area contributed by atoms with Gasteiger partial charge in [0.1, 0.15) is 6.04 Å². The highest BCUT2D eigenvalue weighted by atomic mass is 32.2. The van der Waals surface area contributed by atoms with E-state index in [2.05, 4.69) is 34.4 Å². The number of para-hydroxylation sites is 2. The maximum Gasteiger partial charge on any atom is 0.242 e. The Morgan fingerprint density at radius 2 is 1.65 bits per heavy atom. The van der Waals surface area contributed by atoms with E-state index in [1.54, 1.807) is 11.8 Å². The minimum atomic E-state index is -3.47. The number of aryl methyl sites for hydroxylation is 1. The molecule has 0 spiro atoms. The summed E-state index contributed by atoms with van der Waals surface area (Å²) in [5, 5.41) is 5.96. The van der Waals surface area contributed by atoms with Gasteiger partial charge in [0.25, 0.3) is 0 Å². The molecular weight excluding hydrogens is 703 g/mol. The van der Waals surface area contributed by atoms with Crippen molar-refractivity contribution < 1.29 is 27.6 Å². The van der Waals surface area contributed by atoms with Gasteiger partial charge in [-0.05, 0) is 94.9 Å². The first-order valence-corrected chi connectivity index (χ1v) is 21.2. The van der Waals surface area contributed by atoms with E-state index in [0.717, 1.165) is 42.6 Å². The summed E-state index contributed by atoms with van der Waals surface area (Å²) in [4.78, 5) is 48.3. The predicted octanol–water partition coefficient (Wildman–Crippen LogP) is 7.34. The van der Waals surface area contributed by atoms with Crippen LogP contribution in [0.4, 0.5) is 11.4 Å². The van der Waals surface area contributed by atoms with Crippen LogP contribution in [0.2, 0.25) is 0 Å². The standard InChI is InChI=1S/C15H25NO3S.C13H17N3O2.C12H17NO.C2H6/c1-3-4-5-6-7-8-12-11-13(12)14(17)16-20(18,19)15(2)9-10-15;14-13(18)11-7-4-8-16(11)12(17)9-15-10-5-2-1-3-6-10;1-4-9(2)12(14)13-11-8-6-5-7-10(11)3;1-2/h7-8,12-13H,3-6,9-11H2,1-2H3,(H,16,17);1-3,5-6,11,15H,4,7-9H2,(H2,14,18);5-9H,4H2,1-3H3,(H,13,14);1-2H3/b8-7-;;;. The molecule has 5 N–H and O–H groups in total. The van der Waals surface area contributed by atoms with Crippen molar-refractivity contribution in [1.29, 1.82) is 0 Å². The van der Waals surface area contributed by atoms with Crippen molar-refractivity contribution in [1.82, 2.24) is 9.62 Å². The lowest BCUT2D eigenvalue weighted by Gasteiger charge is -2.22. The molecule has 3 aliphatic rings. The maximum absolute atomic E-state index is 12.0. The molecule has 1 heterocycles. The molecule has 0 aromatic heterocycles. The molecule has 2 aromatic carbocycles. The van der Waals surface area contributed by atoms with Crippen LogP contribution >= 0.6 is 0 Å². The van der Waals surface area contributed by atoms with Gasteiger partial charge in [0.05, 0.1) is 11.3 Å². The number of hydrogen-bond donors (Lipinski definition) is 4. The average Bonchev–Trinajstić information content (AvgIpc) is 4.07. The number of carbonyl (C=O) groups excluding carboxylic acids is 4. The van der Waals surface area contributed by atoms with Crippen molar-refractivity contribution in [3.63, 3.8) is 0 Å². The fraction of sp³-hybridized carbons (Fsp3) is 0.571. The summed E-state index contributed by atoms with van der Waals surface area (Å²) in [5.41, 5.74) is 8.19. The lowest BCUT2D eigenvalue weighted by Crippen LogP contribution is -2.45. The zero-order chi connectivity index (χ0) is 40.3. The lowest BCUT2D eigenvalue weighted by atomic mass is 10.1. The monoisotopic (exact) mass is 767 g/mol. The van der Waals surface area contributed by atoms with Gasteiger partial charge in [-0.15, -0.1) is 0 Å². The zero-order valence-electron chi connectivity index (χ0n) is 33.5. The van der Waals surface area contributed by atoms with Gasteiger partial charge in [-0.3, -0.25) is 23.9 Å². The Labute approximate surface area is 324 Å². The van der Waals surface area contributed by atoms with Crippen molar-refractivity contribution in [3.8, 4) is 0 Å². The number of anilines is 2. The van der Waals surface area contributed by atoms with E-state index >= 15 is 0 Å². The summed E-state index contributed by atoms with van der Waals surface area (Å²) in [5.74, 6) is -0.549. The van der Waals surface area contributed by atoms with Crippen molar-refractivity contribution in [2.24, 2.45) is 23.5 Å².